The lowest BCUT2D eigenvalue weighted by Gasteiger charge is -2.04. The van der Waals surface area contributed by atoms with Gasteiger partial charge in [0.05, 0.1) is 6.61 Å². The van der Waals surface area contributed by atoms with Crippen LogP contribution in [0.1, 0.15) is 13.3 Å². The fraction of sp³-hybridized carbons (Fsp3) is 0.833. The molecule has 0 saturated heterocycles. The normalized spacial score (nSPS) is 12.7. The largest absolute Gasteiger partial charge is 0.464 e. The molecule has 0 spiro atoms. The van der Waals surface area contributed by atoms with Crippen molar-refractivity contribution in [3.05, 3.63) is 0 Å². The van der Waals surface area contributed by atoms with Crippen LogP contribution in [0, 0.1) is 0 Å². The van der Waals surface area contributed by atoms with Crippen LogP contribution in [0.5, 0.6) is 0 Å². The summed E-state index contributed by atoms with van der Waals surface area (Å²) in [5.41, 5.74) is 5.14. The van der Waals surface area contributed by atoms with E-state index in [1.54, 1.807) is 0 Å². The average molecular weight is 147 g/mol. The molecule has 4 heteroatoms. The Balaban J connectivity index is 3.22. The molecular weight excluding hydrogens is 134 g/mol. The summed E-state index contributed by atoms with van der Waals surface area (Å²) in [6, 6.07) is 0. The third kappa shape index (κ3) is 4.29. The number of carbonyl (C=O) groups excluding carboxylic acids is 1. The van der Waals surface area contributed by atoms with Gasteiger partial charge in [-0.25, -0.2) is 4.79 Å². The lowest BCUT2D eigenvalue weighted by atomic mass is 10.4. The molecule has 1 atom stereocenters. The molecule has 0 aromatic carbocycles. The highest BCUT2D eigenvalue weighted by atomic mass is 16.5. The van der Waals surface area contributed by atoms with Gasteiger partial charge in [-0.2, -0.15) is 0 Å². The van der Waals surface area contributed by atoms with E-state index in [1.807, 2.05) is 0 Å². The molecule has 10 heavy (non-hydrogen) atoms. The zero-order valence-electron chi connectivity index (χ0n) is 6.04. The van der Waals surface area contributed by atoms with Crippen molar-refractivity contribution in [2.24, 2.45) is 5.73 Å². The number of ether oxygens (including phenoxy) is 1. The summed E-state index contributed by atoms with van der Waals surface area (Å²) in [6.07, 6.45) is -0.392. The van der Waals surface area contributed by atoms with Crippen LogP contribution in [0.3, 0.4) is 0 Å². The molecule has 0 heterocycles. The van der Waals surface area contributed by atoms with Crippen molar-refractivity contribution in [3.63, 3.8) is 0 Å². The molecule has 0 aromatic rings. The third-order valence-corrected chi connectivity index (χ3v) is 0.934. The minimum absolute atomic E-state index is 0.292. The topological polar surface area (TPSA) is 72.5 Å². The Kier molecular flexibility index (Phi) is 4.88. The molecule has 0 saturated carbocycles. The van der Waals surface area contributed by atoms with E-state index in [9.17, 15) is 4.79 Å². The molecule has 0 rings (SSSR count). The predicted molar refractivity (Wildman–Crippen MR) is 36.3 cm³/mol. The standard InChI is InChI=1S/C6H13NO3/c1-5(8)6(9)10-4-2-3-7/h5,8H,2-4,7H2,1H3. The molecule has 0 fully saturated rings. The van der Waals surface area contributed by atoms with E-state index in [4.69, 9.17) is 10.8 Å². The molecule has 3 N–H and O–H groups in total. The van der Waals surface area contributed by atoms with E-state index >= 15 is 0 Å². The highest BCUT2D eigenvalue weighted by molar-refractivity contribution is 5.73. The van der Waals surface area contributed by atoms with Crippen LogP contribution in [0.25, 0.3) is 0 Å². The Morgan fingerprint density at radius 1 is 1.80 bits per heavy atom. The zero-order chi connectivity index (χ0) is 7.98. The second-order valence-electron chi connectivity index (χ2n) is 1.99. The number of carbonyl (C=O) groups is 1. The van der Waals surface area contributed by atoms with Crippen LogP contribution in [-0.2, 0) is 9.53 Å². The second-order valence-corrected chi connectivity index (χ2v) is 1.99. The van der Waals surface area contributed by atoms with Gasteiger partial charge in [0.25, 0.3) is 0 Å². The number of hydrogen-bond donors (Lipinski definition) is 2. The van der Waals surface area contributed by atoms with Crippen LogP contribution in [0.2, 0.25) is 0 Å². The van der Waals surface area contributed by atoms with Gasteiger partial charge in [0.1, 0.15) is 6.10 Å². The van der Waals surface area contributed by atoms with E-state index in [1.165, 1.54) is 6.92 Å². The van der Waals surface area contributed by atoms with Crippen LogP contribution < -0.4 is 5.73 Å². The minimum Gasteiger partial charge on any atom is -0.464 e. The van der Waals surface area contributed by atoms with E-state index in [2.05, 4.69) is 4.74 Å². The number of aliphatic hydroxyl groups is 1. The van der Waals surface area contributed by atoms with Crippen LogP contribution >= 0.6 is 0 Å². The van der Waals surface area contributed by atoms with Gasteiger partial charge in [-0.1, -0.05) is 0 Å². The molecule has 0 radical (unpaired) electrons. The molecule has 1 unspecified atom stereocenters. The second kappa shape index (κ2) is 5.20. The van der Waals surface area contributed by atoms with E-state index in [-0.39, 0.29) is 0 Å². The van der Waals surface area contributed by atoms with E-state index in [0.717, 1.165) is 0 Å². The third-order valence-electron chi connectivity index (χ3n) is 0.934. The van der Waals surface area contributed by atoms with Crippen molar-refractivity contribution in [3.8, 4) is 0 Å². The fourth-order valence-electron chi connectivity index (χ4n) is 0.377. The van der Waals surface area contributed by atoms with Crippen molar-refractivity contribution < 1.29 is 14.6 Å². The smallest absolute Gasteiger partial charge is 0.334 e. The summed E-state index contributed by atoms with van der Waals surface area (Å²) in [5, 5.41) is 8.61. The quantitative estimate of drug-likeness (QED) is 0.406. The first-order chi connectivity index (χ1) is 4.68. The Morgan fingerprint density at radius 2 is 2.40 bits per heavy atom. The van der Waals surface area contributed by atoms with Gasteiger partial charge in [-0.3, -0.25) is 0 Å². The highest BCUT2D eigenvalue weighted by Gasteiger charge is 2.08. The zero-order valence-corrected chi connectivity index (χ0v) is 6.04. The van der Waals surface area contributed by atoms with Gasteiger partial charge < -0.3 is 15.6 Å². The lowest BCUT2D eigenvalue weighted by Crippen LogP contribution is -2.20. The van der Waals surface area contributed by atoms with Crippen LogP contribution in [0.15, 0.2) is 0 Å². The molecule has 0 aliphatic carbocycles. The number of esters is 1. The van der Waals surface area contributed by atoms with E-state index in [0.29, 0.717) is 19.6 Å². The predicted octanol–water partition coefficient (Wildman–Crippen LogP) is -0.741. The fourth-order valence-corrected chi connectivity index (χ4v) is 0.377. The van der Waals surface area contributed by atoms with Gasteiger partial charge in [0.15, 0.2) is 0 Å². The monoisotopic (exact) mass is 147 g/mol. The Hall–Kier alpha value is -0.610. The lowest BCUT2D eigenvalue weighted by molar-refractivity contribution is -0.152. The summed E-state index contributed by atoms with van der Waals surface area (Å²) in [7, 11) is 0. The first-order valence-electron chi connectivity index (χ1n) is 3.23. The average Bonchev–Trinajstić information content (AvgIpc) is 1.88. The molecule has 0 aliphatic rings. The first-order valence-corrected chi connectivity index (χ1v) is 3.23. The number of hydrogen-bond acceptors (Lipinski definition) is 4. The first kappa shape index (κ1) is 9.39. The minimum atomic E-state index is -1.03. The van der Waals surface area contributed by atoms with Crippen molar-refractivity contribution in [2.75, 3.05) is 13.2 Å². The van der Waals surface area contributed by atoms with Gasteiger partial charge in [0.2, 0.25) is 0 Å². The molecule has 4 nitrogen and oxygen atoms in total. The molecule has 0 aliphatic heterocycles. The molecule has 0 bridgehead atoms. The van der Waals surface area contributed by atoms with Gasteiger partial charge >= 0.3 is 5.97 Å². The van der Waals surface area contributed by atoms with Crippen molar-refractivity contribution in [2.45, 2.75) is 19.4 Å². The summed E-state index contributed by atoms with van der Waals surface area (Å²) in [5.74, 6) is -0.589. The number of nitrogens with two attached hydrogens (primary N) is 1. The van der Waals surface area contributed by atoms with Gasteiger partial charge in [-0.15, -0.1) is 0 Å². The maximum absolute atomic E-state index is 10.5. The molecule has 60 valence electrons. The van der Waals surface area contributed by atoms with Crippen molar-refractivity contribution in [1.29, 1.82) is 0 Å². The van der Waals surface area contributed by atoms with Crippen LogP contribution in [0.4, 0.5) is 0 Å². The van der Waals surface area contributed by atoms with Crippen molar-refractivity contribution >= 4 is 5.97 Å². The summed E-state index contributed by atoms with van der Waals surface area (Å²) < 4.78 is 4.57. The maximum Gasteiger partial charge on any atom is 0.334 e. The Bertz CT molecular complexity index is 103. The van der Waals surface area contributed by atoms with E-state index < -0.39 is 12.1 Å². The molecule has 0 aromatic heterocycles. The number of aliphatic hydroxyl groups excluding tert-OH is 1. The summed E-state index contributed by atoms with van der Waals surface area (Å²) >= 11 is 0. The molecular formula is C6H13NO3. The van der Waals surface area contributed by atoms with Gasteiger partial charge in [-0.05, 0) is 19.9 Å². The summed E-state index contributed by atoms with van der Waals surface area (Å²) in [4.78, 5) is 10.5. The number of rotatable bonds is 4. The SMILES string of the molecule is CC(O)C(=O)OCCCN. The van der Waals surface area contributed by atoms with Crippen LogP contribution in [-0.4, -0.2) is 30.3 Å². The van der Waals surface area contributed by atoms with Crippen molar-refractivity contribution in [1.82, 2.24) is 0 Å². The Morgan fingerprint density at radius 3 is 2.80 bits per heavy atom. The highest BCUT2D eigenvalue weighted by Crippen LogP contribution is 1.87. The van der Waals surface area contributed by atoms with Gasteiger partial charge in [0, 0.05) is 0 Å². The summed E-state index contributed by atoms with van der Waals surface area (Å²) in [6.45, 7) is 2.15. The maximum atomic E-state index is 10.5. The molecule has 0 amide bonds. The Labute approximate surface area is 60.0 Å².